The Labute approximate surface area is 147 Å². The van der Waals surface area contributed by atoms with E-state index in [4.69, 9.17) is 5.26 Å². The van der Waals surface area contributed by atoms with Crippen LogP contribution in [0.3, 0.4) is 0 Å². The molecule has 2 aliphatic rings. The Hall–Kier alpha value is -2.68. The molecule has 0 spiro atoms. The highest BCUT2D eigenvalue weighted by Crippen LogP contribution is 2.37. The quantitative estimate of drug-likeness (QED) is 0.782. The van der Waals surface area contributed by atoms with E-state index in [1.54, 1.807) is 25.2 Å². The molecule has 0 bridgehead atoms. The van der Waals surface area contributed by atoms with Crippen LogP contribution in [-0.2, 0) is 20.9 Å². The summed E-state index contributed by atoms with van der Waals surface area (Å²) in [7, 11) is 1.64. The van der Waals surface area contributed by atoms with Crippen LogP contribution in [0, 0.1) is 23.2 Å². The van der Waals surface area contributed by atoms with Gasteiger partial charge in [-0.05, 0) is 30.5 Å². The number of likely N-dealkylation sites (tertiary alicyclic amines) is 1. The summed E-state index contributed by atoms with van der Waals surface area (Å²) in [5.74, 6) is -1.12. The Balaban J connectivity index is 1.64. The van der Waals surface area contributed by atoms with Gasteiger partial charge in [0.15, 0.2) is 0 Å². The van der Waals surface area contributed by atoms with Gasteiger partial charge < -0.3 is 4.90 Å². The molecule has 2 atom stereocenters. The van der Waals surface area contributed by atoms with Crippen LogP contribution < -0.4 is 0 Å². The van der Waals surface area contributed by atoms with E-state index in [0.29, 0.717) is 12.1 Å². The molecule has 6 heteroatoms. The number of nitrogens with zero attached hydrogens (tertiary/aromatic N) is 3. The van der Waals surface area contributed by atoms with Gasteiger partial charge in [-0.3, -0.25) is 19.3 Å². The molecule has 25 heavy (non-hydrogen) atoms. The Morgan fingerprint density at radius 3 is 2.48 bits per heavy atom. The maximum Gasteiger partial charge on any atom is 0.242 e. The first-order valence-corrected chi connectivity index (χ1v) is 8.59. The van der Waals surface area contributed by atoms with Crippen molar-refractivity contribution in [3.63, 3.8) is 0 Å². The Kier molecular flexibility index (Phi) is 4.84. The molecule has 1 aliphatic heterocycles. The third-order valence-electron chi connectivity index (χ3n) is 5.13. The van der Waals surface area contributed by atoms with Gasteiger partial charge in [0.2, 0.25) is 17.7 Å². The van der Waals surface area contributed by atoms with Crippen molar-refractivity contribution < 1.29 is 14.4 Å². The fourth-order valence-corrected chi connectivity index (χ4v) is 3.74. The van der Waals surface area contributed by atoms with Crippen LogP contribution in [0.1, 0.15) is 36.8 Å². The summed E-state index contributed by atoms with van der Waals surface area (Å²) in [6.45, 7) is 0.135. The predicted molar refractivity (Wildman–Crippen MR) is 89.8 cm³/mol. The minimum Gasteiger partial charge on any atom is -0.340 e. The lowest BCUT2D eigenvalue weighted by Crippen LogP contribution is -2.41. The molecular formula is C19H21N3O3. The molecule has 1 heterocycles. The molecule has 2 unspecified atom stereocenters. The van der Waals surface area contributed by atoms with Gasteiger partial charge in [-0.15, -0.1) is 0 Å². The van der Waals surface area contributed by atoms with Gasteiger partial charge in [0.25, 0.3) is 0 Å². The normalized spacial score (nSPS) is 22.5. The van der Waals surface area contributed by atoms with Crippen molar-refractivity contribution in [1.29, 1.82) is 5.26 Å². The van der Waals surface area contributed by atoms with E-state index in [-0.39, 0.29) is 36.1 Å². The molecule has 0 N–H and O–H groups in total. The zero-order chi connectivity index (χ0) is 18.0. The number of fused-ring (bicyclic) bond motifs is 1. The second kappa shape index (κ2) is 7.06. The molecular weight excluding hydrogens is 318 g/mol. The Bertz CT molecular complexity index is 729. The molecule has 1 aromatic carbocycles. The first kappa shape index (κ1) is 17.2. The van der Waals surface area contributed by atoms with E-state index >= 15 is 0 Å². The molecule has 1 aliphatic carbocycles. The number of likely N-dealkylation sites (N-methyl/N-ethyl adjacent to an activating group) is 1. The zero-order valence-electron chi connectivity index (χ0n) is 14.3. The van der Waals surface area contributed by atoms with Crippen LogP contribution in [0.2, 0.25) is 0 Å². The predicted octanol–water partition coefficient (Wildman–Crippen LogP) is 1.69. The Morgan fingerprint density at radius 2 is 1.88 bits per heavy atom. The van der Waals surface area contributed by atoms with E-state index < -0.39 is 0 Å². The monoisotopic (exact) mass is 339 g/mol. The largest absolute Gasteiger partial charge is 0.340 e. The number of hydrogen-bond acceptors (Lipinski definition) is 4. The van der Waals surface area contributed by atoms with Crippen LogP contribution in [0.5, 0.6) is 0 Å². The van der Waals surface area contributed by atoms with Crippen molar-refractivity contribution in [2.24, 2.45) is 11.8 Å². The van der Waals surface area contributed by atoms with E-state index in [1.807, 2.05) is 6.07 Å². The molecule has 1 saturated heterocycles. The van der Waals surface area contributed by atoms with E-state index in [2.05, 4.69) is 6.07 Å². The van der Waals surface area contributed by atoms with E-state index in [0.717, 1.165) is 36.1 Å². The van der Waals surface area contributed by atoms with Crippen LogP contribution in [0.15, 0.2) is 24.3 Å². The third kappa shape index (κ3) is 3.41. The second-order valence-corrected chi connectivity index (χ2v) is 6.82. The first-order valence-electron chi connectivity index (χ1n) is 8.59. The van der Waals surface area contributed by atoms with Gasteiger partial charge in [-0.2, -0.15) is 5.26 Å². The van der Waals surface area contributed by atoms with Crippen molar-refractivity contribution in [2.45, 2.75) is 32.2 Å². The Morgan fingerprint density at radius 1 is 1.24 bits per heavy atom. The van der Waals surface area contributed by atoms with Crippen LogP contribution in [0.4, 0.5) is 0 Å². The van der Waals surface area contributed by atoms with Crippen molar-refractivity contribution in [2.75, 3.05) is 13.6 Å². The average molecular weight is 339 g/mol. The number of nitriles is 1. The lowest BCUT2D eigenvalue weighted by Gasteiger charge is -2.21. The summed E-state index contributed by atoms with van der Waals surface area (Å²) in [6.07, 6.45) is 3.43. The lowest BCUT2D eigenvalue weighted by molar-refractivity contribution is -0.146. The summed E-state index contributed by atoms with van der Waals surface area (Å²) < 4.78 is 0. The summed E-state index contributed by atoms with van der Waals surface area (Å²) in [4.78, 5) is 40.0. The highest BCUT2D eigenvalue weighted by Gasteiger charge is 2.48. The number of benzene rings is 1. The fourth-order valence-electron chi connectivity index (χ4n) is 3.74. The second-order valence-electron chi connectivity index (χ2n) is 6.82. The molecule has 2 fully saturated rings. The van der Waals surface area contributed by atoms with Gasteiger partial charge >= 0.3 is 0 Å². The van der Waals surface area contributed by atoms with Crippen molar-refractivity contribution in [3.8, 4) is 6.07 Å². The number of hydrogen-bond donors (Lipinski definition) is 0. The van der Waals surface area contributed by atoms with Gasteiger partial charge in [-0.25, -0.2) is 0 Å². The number of amides is 3. The maximum absolute atomic E-state index is 12.5. The fraction of sp³-hybridized carbons (Fsp3) is 0.474. The summed E-state index contributed by atoms with van der Waals surface area (Å²) in [6, 6.07) is 9.10. The summed E-state index contributed by atoms with van der Waals surface area (Å²) in [5, 5.41) is 8.94. The average Bonchev–Trinajstić information content (AvgIpc) is 2.87. The molecule has 0 aromatic heterocycles. The molecule has 3 rings (SSSR count). The van der Waals surface area contributed by atoms with Crippen LogP contribution in [-0.4, -0.2) is 41.1 Å². The van der Waals surface area contributed by atoms with Gasteiger partial charge in [0, 0.05) is 13.6 Å². The highest BCUT2D eigenvalue weighted by atomic mass is 16.2. The summed E-state index contributed by atoms with van der Waals surface area (Å²) in [5.41, 5.74) is 1.37. The van der Waals surface area contributed by atoms with E-state index in [1.165, 1.54) is 4.90 Å². The smallest absolute Gasteiger partial charge is 0.242 e. The third-order valence-corrected chi connectivity index (χ3v) is 5.13. The van der Waals surface area contributed by atoms with Crippen molar-refractivity contribution in [3.05, 3.63) is 35.4 Å². The van der Waals surface area contributed by atoms with Gasteiger partial charge in [-0.1, -0.05) is 25.0 Å². The van der Waals surface area contributed by atoms with Crippen LogP contribution in [0.25, 0.3) is 0 Å². The topological polar surface area (TPSA) is 81.5 Å². The van der Waals surface area contributed by atoms with Gasteiger partial charge in [0.1, 0.15) is 6.54 Å². The zero-order valence-corrected chi connectivity index (χ0v) is 14.3. The highest BCUT2D eigenvalue weighted by molar-refractivity contribution is 6.07. The molecule has 1 aromatic rings. The maximum atomic E-state index is 12.5. The summed E-state index contributed by atoms with van der Waals surface area (Å²) >= 11 is 0. The van der Waals surface area contributed by atoms with Crippen molar-refractivity contribution in [1.82, 2.24) is 9.80 Å². The molecule has 0 radical (unpaired) electrons. The first-order chi connectivity index (χ1) is 12.0. The minimum atomic E-state index is -0.275. The van der Waals surface area contributed by atoms with Gasteiger partial charge in [0.05, 0.1) is 23.5 Å². The molecule has 130 valence electrons. The molecule has 3 amide bonds. The van der Waals surface area contributed by atoms with Crippen LogP contribution >= 0.6 is 0 Å². The number of carbonyl (C=O) groups is 3. The number of imide groups is 1. The standard InChI is InChI=1S/C19H21N3O3/c1-21(11-14-6-4-5-13(9-14)10-20)17(23)12-22-18(24)15-7-2-3-8-16(15)19(22)25/h4-6,9,15-16H,2-3,7-8,11-12H2,1H3. The SMILES string of the molecule is CN(Cc1cccc(C#N)c1)C(=O)CN1C(=O)C2CCCCC2C1=O. The number of rotatable bonds is 4. The molecule has 6 nitrogen and oxygen atoms in total. The van der Waals surface area contributed by atoms with E-state index in [9.17, 15) is 14.4 Å². The van der Waals surface area contributed by atoms with Crippen molar-refractivity contribution >= 4 is 17.7 Å². The minimum absolute atomic E-state index is 0.192. The number of carbonyl (C=O) groups excluding carboxylic acids is 3. The lowest BCUT2D eigenvalue weighted by atomic mass is 9.81. The molecule has 1 saturated carbocycles.